The van der Waals surface area contributed by atoms with Gasteiger partial charge in [-0.3, -0.25) is 9.59 Å². The lowest BCUT2D eigenvalue weighted by atomic mass is 10.3. The highest BCUT2D eigenvalue weighted by Crippen LogP contribution is 2.03. The number of hydrogen-bond acceptors (Lipinski definition) is 4. The highest BCUT2D eigenvalue weighted by Gasteiger charge is 2.00. The van der Waals surface area contributed by atoms with Gasteiger partial charge in [0.25, 0.3) is 0 Å². The van der Waals surface area contributed by atoms with Gasteiger partial charge in [0.15, 0.2) is 0 Å². The lowest BCUT2D eigenvalue weighted by molar-refractivity contribution is -0.143. The number of carboxylic acid groups (broad SMARTS) is 2. The zero-order valence-electron chi connectivity index (χ0n) is 11.8. The van der Waals surface area contributed by atoms with E-state index in [2.05, 4.69) is 0 Å². The molecule has 0 saturated carbocycles. The van der Waals surface area contributed by atoms with Gasteiger partial charge in [-0.05, 0) is 24.3 Å². The Morgan fingerprint density at radius 2 is 0.909 bits per heavy atom. The summed E-state index contributed by atoms with van der Waals surface area (Å²) in [6.45, 7) is 0. The topological polar surface area (TPSA) is 115 Å². The average Bonchev–Trinajstić information content (AvgIpc) is 2.48. The van der Waals surface area contributed by atoms with Crippen LogP contribution in [0.5, 0.6) is 11.5 Å². The van der Waals surface area contributed by atoms with Crippen molar-refractivity contribution in [1.29, 1.82) is 0 Å². The lowest BCUT2D eigenvalue weighted by Crippen LogP contribution is -2.00. The summed E-state index contributed by atoms with van der Waals surface area (Å²) in [7, 11) is 0. The highest BCUT2D eigenvalue weighted by molar-refractivity contribution is 5.75. The van der Waals surface area contributed by atoms with Gasteiger partial charge in [0.2, 0.25) is 0 Å². The van der Waals surface area contributed by atoms with Crippen LogP contribution in [-0.2, 0) is 9.59 Å². The van der Waals surface area contributed by atoms with Crippen molar-refractivity contribution in [2.24, 2.45) is 0 Å². The van der Waals surface area contributed by atoms with Crippen molar-refractivity contribution in [2.75, 3.05) is 0 Å². The number of phenolic OH excluding ortho intramolecular Hbond substituents is 2. The van der Waals surface area contributed by atoms with E-state index < -0.39 is 11.9 Å². The van der Waals surface area contributed by atoms with E-state index in [0.717, 1.165) is 0 Å². The highest BCUT2D eigenvalue weighted by atomic mass is 16.4. The Balaban J connectivity index is 0.000000301. The number of benzene rings is 2. The van der Waals surface area contributed by atoms with Crippen molar-refractivity contribution in [3.63, 3.8) is 0 Å². The molecule has 0 aliphatic carbocycles. The minimum absolute atomic E-state index is 0.296. The molecule has 6 heteroatoms. The number of carbonyl (C=O) groups is 2. The summed E-state index contributed by atoms with van der Waals surface area (Å²) in [5, 5.41) is 33.1. The Hall–Kier alpha value is -3.02. The Bertz CT molecular complexity index is 488. The summed E-state index contributed by atoms with van der Waals surface area (Å²) in [5.74, 6) is -1.51. The van der Waals surface area contributed by atoms with Crippen molar-refractivity contribution in [3.8, 4) is 11.5 Å². The number of carboxylic acids is 2. The minimum atomic E-state index is -1.08. The third-order valence-corrected chi connectivity index (χ3v) is 2.07. The molecule has 6 nitrogen and oxygen atoms in total. The first-order chi connectivity index (χ1) is 10.4. The second-order valence-electron chi connectivity index (χ2n) is 3.96. The summed E-state index contributed by atoms with van der Waals surface area (Å²) in [4.78, 5) is 19.3. The summed E-state index contributed by atoms with van der Waals surface area (Å²) in [6, 6.07) is 17.4. The van der Waals surface area contributed by atoms with E-state index in [0.29, 0.717) is 11.5 Å². The fraction of sp³-hybridized carbons (Fsp3) is 0.125. The molecule has 0 fully saturated rings. The van der Waals surface area contributed by atoms with Gasteiger partial charge in [0.1, 0.15) is 11.5 Å². The summed E-state index contributed by atoms with van der Waals surface area (Å²) in [5.41, 5.74) is 0. The van der Waals surface area contributed by atoms with E-state index in [4.69, 9.17) is 20.4 Å². The molecule has 2 rings (SSSR count). The van der Waals surface area contributed by atoms with E-state index in [-0.39, 0.29) is 12.8 Å². The van der Waals surface area contributed by atoms with E-state index in [1.807, 2.05) is 12.1 Å². The van der Waals surface area contributed by atoms with Gasteiger partial charge in [-0.2, -0.15) is 0 Å². The predicted molar refractivity (Wildman–Crippen MR) is 80.7 cm³/mol. The van der Waals surface area contributed by atoms with Crippen LogP contribution in [0.3, 0.4) is 0 Å². The van der Waals surface area contributed by atoms with Crippen molar-refractivity contribution in [1.82, 2.24) is 0 Å². The van der Waals surface area contributed by atoms with E-state index in [9.17, 15) is 9.59 Å². The molecule has 0 aliphatic heterocycles. The third-order valence-electron chi connectivity index (χ3n) is 2.07. The number of rotatable bonds is 3. The quantitative estimate of drug-likeness (QED) is 0.693. The van der Waals surface area contributed by atoms with Gasteiger partial charge in [-0.1, -0.05) is 36.4 Å². The van der Waals surface area contributed by atoms with Crippen LogP contribution >= 0.6 is 0 Å². The van der Waals surface area contributed by atoms with Crippen LogP contribution in [0.1, 0.15) is 12.8 Å². The van der Waals surface area contributed by atoms with Crippen LogP contribution in [0.4, 0.5) is 0 Å². The number of aliphatic carboxylic acids is 2. The minimum Gasteiger partial charge on any atom is -0.508 e. The van der Waals surface area contributed by atoms with Gasteiger partial charge in [-0.25, -0.2) is 0 Å². The summed E-state index contributed by atoms with van der Waals surface area (Å²) < 4.78 is 0. The molecule has 0 aliphatic rings. The van der Waals surface area contributed by atoms with E-state index >= 15 is 0 Å². The predicted octanol–water partition coefficient (Wildman–Crippen LogP) is 2.72. The fourth-order valence-corrected chi connectivity index (χ4v) is 1.07. The number of aromatic hydroxyl groups is 2. The van der Waals surface area contributed by atoms with Gasteiger partial charge >= 0.3 is 11.9 Å². The van der Waals surface area contributed by atoms with Crippen LogP contribution in [0.15, 0.2) is 60.7 Å². The van der Waals surface area contributed by atoms with Gasteiger partial charge < -0.3 is 20.4 Å². The van der Waals surface area contributed by atoms with E-state index in [1.54, 1.807) is 48.5 Å². The Morgan fingerprint density at radius 1 is 0.636 bits per heavy atom. The molecule has 0 atom stereocenters. The molecule has 2 aromatic rings. The molecule has 0 amide bonds. The molecule has 0 bridgehead atoms. The molecular weight excluding hydrogens is 288 g/mol. The maximum atomic E-state index is 9.64. The third kappa shape index (κ3) is 13.4. The molecule has 4 N–H and O–H groups in total. The zero-order valence-corrected chi connectivity index (χ0v) is 11.8. The van der Waals surface area contributed by atoms with Crippen LogP contribution in [0.25, 0.3) is 0 Å². The summed E-state index contributed by atoms with van der Waals surface area (Å²) in [6.07, 6.45) is -0.593. The smallest absolute Gasteiger partial charge is 0.303 e. The second kappa shape index (κ2) is 11.8. The first kappa shape index (κ1) is 19.0. The summed E-state index contributed by atoms with van der Waals surface area (Å²) >= 11 is 0. The largest absolute Gasteiger partial charge is 0.508 e. The molecule has 2 aromatic carbocycles. The van der Waals surface area contributed by atoms with Crippen molar-refractivity contribution >= 4 is 11.9 Å². The normalized spacial score (nSPS) is 8.55. The number of hydrogen-bond donors (Lipinski definition) is 4. The fourth-order valence-electron chi connectivity index (χ4n) is 1.07. The first-order valence-electron chi connectivity index (χ1n) is 6.33. The van der Waals surface area contributed by atoms with Gasteiger partial charge in [0, 0.05) is 0 Å². The monoisotopic (exact) mass is 306 g/mol. The maximum absolute atomic E-state index is 9.64. The zero-order chi connectivity index (χ0) is 16.8. The Labute approximate surface area is 127 Å². The van der Waals surface area contributed by atoms with Crippen LogP contribution in [-0.4, -0.2) is 32.4 Å². The molecule has 0 heterocycles. The van der Waals surface area contributed by atoms with Crippen LogP contribution < -0.4 is 0 Å². The molecule has 0 radical (unpaired) electrons. The maximum Gasteiger partial charge on any atom is 0.303 e. The second-order valence-corrected chi connectivity index (χ2v) is 3.96. The number of para-hydroxylation sites is 2. The molecule has 0 spiro atoms. The molecule has 0 saturated heterocycles. The van der Waals surface area contributed by atoms with Crippen LogP contribution in [0.2, 0.25) is 0 Å². The molecular formula is C16H18O6. The standard InChI is InChI=1S/2C6H6O.C4H6O4/c2*7-6-4-2-1-3-5-6;5-3(6)1-2-4(7)8/h2*1-5,7H;1-2H2,(H,5,6)(H,7,8). The van der Waals surface area contributed by atoms with Gasteiger partial charge in [0.05, 0.1) is 12.8 Å². The molecule has 118 valence electrons. The SMILES string of the molecule is O=C(O)CCC(=O)O.Oc1ccccc1.Oc1ccccc1. The molecule has 0 unspecified atom stereocenters. The first-order valence-corrected chi connectivity index (χ1v) is 6.33. The van der Waals surface area contributed by atoms with Crippen molar-refractivity contribution in [2.45, 2.75) is 12.8 Å². The average molecular weight is 306 g/mol. The van der Waals surface area contributed by atoms with Crippen molar-refractivity contribution in [3.05, 3.63) is 60.7 Å². The van der Waals surface area contributed by atoms with Crippen molar-refractivity contribution < 1.29 is 30.0 Å². The molecule has 0 aromatic heterocycles. The Kier molecular flexibility index (Phi) is 10.2. The van der Waals surface area contributed by atoms with Gasteiger partial charge in [-0.15, -0.1) is 0 Å². The Morgan fingerprint density at radius 3 is 1.05 bits per heavy atom. The molecule has 22 heavy (non-hydrogen) atoms. The van der Waals surface area contributed by atoms with E-state index in [1.165, 1.54) is 0 Å². The lowest BCUT2D eigenvalue weighted by Gasteiger charge is -1.85. The number of phenols is 2. The van der Waals surface area contributed by atoms with Crippen LogP contribution in [0, 0.1) is 0 Å².